The van der Waals surface area contributed by atoms with Gasteiger partial charge in [0.1, 0.15) is 5.75 Å². The number of ether oxygens (including phenoxy) is 3. The molecule has 0 saturated carbocycles. The standard InChI is InChI=1S/C20H23F2NO4/c1-3-25-17-9-8-14(12-18(17)26-4-2)10-11-23-19(24)15-6-5-7-16(13-15)27-20(21)22/h5-9,12-13,20H,3-4,10-11H2,1-2H3,(H,23,24). The predicted octanol–water partition coefficient (Wildman–Crippen LogP) is 4.06. The van der Waals surface area contributed by atoms with Gasteiger partial charge in [-0.2, -0.15) is 8.78 Å². The molecule has 2 aromatic carbocycles. The number of carbonyl (C=O) groups is 1. The number of carbonyl (C=O) groups excluding carboxylic acids is 1. The maximum absolute atomic E-state index is 12.3. The molecule has 0 aliphatic carbocycles. The van der Waals surface area contributed by atoms with E-state index in [9.17, 15) is 13.6 Å². The molecule has 0 atom stereocenters. The van der Waals surface area contributed by atoms with Crippen molar-refractivity contribution in [2.75, 3.05) is 19.8 Å². The maximum atomic E-state index is 12.3. The number of benzene rings is 2. The zero-order chi connectivity index (χ0) is 19.6. The molecule has 146 valence electrons. The van der Waals surface area contributed by atoms with E-state index in [1.807, 2.05) is 32.0 Å². The minimum absolute atomic E-state index is 0.0504. The molecule has 0 aliphatic heterocycles. The summed E-state index contributed by atoms with van der Waals surface area (Å²) in [5, 5.41) is 2.77. The van der Waals surface area contributed by atoms with Gasteiger partial charge in [-0.1, -0.05) is 12.1 Å². The van der Waals surface area contributed by atoms with Crippen LogP contribution in [-0.4, -0.2) is 32.3 Å². The van der Waals surface area contributed by atoms with Crippen molar-refractivity contribution in [1.82, 2.24) is 5.32 Å². The smallest absolute Gasteiger partial charge is 0.387 e. The third-order valence-corrected chi connectivity index (χ3v) is 3.63. The van der Waals surface area contributed by atoms with Crippen LogP contribution in [-0.2, 0) is 6.42 Å². The Kier molecular flexibility index (Phi) is 7.85. The van der Waals surface area contributed by atoms with Crippen LogP contribution in [0.3, 0.4) is 0 Å². The van der Waals surface area contributed by atoms with Crippen LogP contribution < -0.4 is 19.5 Å². The summed E-state index contributed by atoms with van der Waals surface area (Å²) in [6.07, 6.45) is 0.589. The Labute approximate surface area is 157 Å². The lowest BCUT2D eigenvalue weighted by Crippen LogP contribution is -2.25. The zero-order valence-electron chi connectivity index (χ0n) is 15.3. The normalized spacial score (nSPS) is 10.6. The number of hydrogen-bond donors (Lipinski definition) is 1. The second-order valence-corrected chi connectivity index (χ2v) is 5.56. The first-order chi connectivity index (χ1) is 13.0. The number of nitrogens with one attached hydrogen (secondary N) is 1. The molecule has 0 fully saturated rings. The molecule has 0 spiro atoms. The first kappa shape index (κ1) is 20.5. The number of rotatable bonds is 10. The average Bonchev–Trinajstić information content (AvgIpc) is 2.64. The molecule has 0 bridgehead atoms. The number of halogens is 2. The van der Waals surface area contributed by atoms with Gasteiger partial charge in [-0.25, -0.2) is 0 Å². The molecule has 7 heteroatoms. The third kappa shape index (κ3) is 6.44. The van der Waals surface area contributed by atoms with E-state index in [0.717, 1.165) is 5.56 Å². The minimum atomic E-state index is -2.93. The van der Waals surface area contributed by atoms with E-state index in [4.69, 9.17) is 9.47 Å². The summed E-state index contributed by atoms with van der Waals surface area (Å²) in [6.45, 7) is 2.33. The van der Waals surface area contributed by atoms with Crippen molar-refractivity contribution in [3.8, 4) is 17.2 Å². The average molecular weight is 379 g/mol. The lowest BCUT2D eigenvalue weighted by Gasteiger charge is -2.13. The molecular weight excluding hydrogens is 356 g/mol. The van der Waals surface area contributed by atoms with Crippen LogP contribution in [0.5, 0.6) is 17.2 Å². The summed E-state index contributed by atoms with van der Waals surface area (Å²) >= 11 is 0. The van der Waals surface area contributed by atoms with E-state index in [0.29, 0.717) is 37.7 Å². The van der Waals surface area contributed by atoms with E-state index in [1.54, 1.807) is 0 Å². The third-order valence-electron chi connectivity index (χ3n) is 3.63. The summed E-state index contributed by atoms with van der Waals surface area (Å²) in [5.74, 6) is 0.944. The molecule has 0 aliphatic rings. The Bertz CT molecular complexity index is 753. The summed E-state index contributed by atoms with van der Waals surface area (Å²) in [4.78, 5) is 12.2. The molecule has 5 nitrogen and oxygen atoms in total. The van der Waals surface area contributed by atoms with Crippen molar-refractivity contribution in [2.45, 2.75) is 26.9 Å². The summed E-state index contributed by atoms with van der Waals surface area (Å²) in [7, 11) is 0. The fourth-order valence-electron chi connectivity index (χ4n) is 2.49. The number of alkyl halides is 2. The molecule has 2 rings (SSSR count). The predicted molar refractivity (Wildman–Crippen MR) is 97.9 cm³/mol. The molecule has 1 N–H and O–H groups in total. The van der Waals surface area contributed by atoms with Gasteiger partial charge in [0.05, 0.1) is 13.2 Å². The van der Waals surface area contributed by atoms with Crippen molar-refractivity contribution in [1.29, 1.82) is 0 Å². The van der Waals surface area contributed by atoms with Gasteiger partial charge in [0, 0.05) is 12.1 Å². The van der Waals surface area contributed by atoms with Crippen molar-refractivity contribution in [2.24, 2.45) is 0 Å². The largest absolute Gasteiger partial charge is 0.490 e. The summed E-state index contributed by atoms with van der Waals surface area (Å²) in [5.41, 5.74) is 1.24. The van der Waals surface area contributed by atoms with Gasteiger partial charge in [0.2, 0.25) is 0 Å². The minimum Gasteiger partial charge on any atom is -0.490 e. The van der Waals surface area contributed by atoms with Crippen LogP contribution >= 0.6 is 0 Å². The monoisotopic (exact) mass is 379 g/mol. The highest BCUT2D eigenvalue weighted by Crippen LogP contribution is 2.28. The molecule has 27 heavy (non-hydrogen) atoms. The molecule has 1 amide bonds. The Morgan fingerprint density at radius 1 is 1.04 bits per heavy atom. The van der Waals surface area contributed by atoms with Crippen LogP contribution in [0.1, 0.15) is 29.8 Å². The van der Waals surface area contributed by atoms with Gasteiger partial charge in [0.15, 0.2) is 11.5 Å². The highest BCUT2D eigenvalue weighted by atomic mass is 19.3. The maximum Gasteiger partial charge on any atom is 0.387 e. The SMILES string of the molecule is CCOc1ccc(CCNC(=O)c2cccc(OC(F)F)c2)cc1OCC. The van der Waals surface area contributed by atoms with Crippen LogP contribution in [0.4, 0.5) is 8.78 Å². The Morgan fingerprint density at radius 3 is 2.48 bits per heavy atom. The quantitative estimate of drug-likeness (QED) is 0.676. The van der Waals surface area contributed by atoms with Crippen LogP contribution in [0.25, 0.3) is 0 Å². The van der Waals surface area contributed by atoms with Gasteiger partial charge in [-0.15, -0.1) is 0 Å². The highest BCUT2D eigenvalue weighted by molar-refractivity contribution is 5.94. The molecule has 0 aromatic heterocycles. The lowest BCUT2D eigenvalue weighted by atomic mass is 10.1. The second kappa shape index (κ2) is 10.4. The van der Waals surface area contributed by atoms with Crippen molar-refractivity contribution in [3.05, 3.63) is 53.6 Å². The topological polar surface area (TPSA) is 56.8 Å². The van der Waals surface area contributed by atoms with Crippen molar-refractivity contribution < 1.29 is 27.8 Å². The molecular formula is C20H23F2NO4. The molecule has 0 radical (unpaired) electrons. The second-order valence-electron chi connectivity index (χ2n) is 5.56. The highest BCUT2D eigenvalue weighted by Gasteiger charge is 2.10. The van der Waals surface area contributed by atoms with Crippen LogP contribution in [0.15, 0.2) is 42.5 Å². The van der Waals surface area contributed by atoms with Crippen molar-refractivity contribution in [3.63, 3.8) is 0 Å². The van der Waals surface area contributed by atoms with E-state index in [1.165, 1.54) is 24.3 Å². The van der Waals surface area contributed by atoms with Crippen LogP contribution in [0, 0.1) is 0 Å². The fourth-order valence-corrected chi connectivity index (χ4v) is 2.49. The lowest BCUT2D eigenvalue weighted by molar-refractivity contribution is -0.0498. The summed E-state index contributed by atoms with van der Waals surface area (Å²) in [6, 6.07) is 11.3. The molecule has 0 saturated heterocycles. The van der Waals surface area contributed by atoms with E-state index in [-0.39, 0.29) is 17.2 Å². The summed E-state index contributed by atoms with van der Waals surface area (Å²) < 4.78 is 39.9. The Morgan fingerprint density at radius 2 is 1.78 bits per heavy atom. The number of hydrogen-bond acceptors (Lipinski definition) is 4. The Hall–Kier alpha value is -2.83. The van der Waals surface area contributed by atoms with Gasteiger partial charge in [-0.3, -0.25) is 4.79 Å². The molecule has 2 aromatic rings. The fraction of sp³-hybridized carbons (Fsp3) is 0.350. The first-order valence-electron chi connectivity index (χ1n) is 8.75. The first-order valence-corrected chi connectivity index (χ1v) is 8.75. The van der Waals surface area contributed by atoms with E-state index >= 15 is 0 Å². The zero-order valence-corrected chi connectivity index (χ0v) is 15.3. The van der Waals surface area contributed by atoms with Gasteiger partial charge >= 0.3 is 6.61 Å². The van der Waals surface area contributed by atoms with E-state index in [2.05, 4.69) is 10.1 Å². The Balaban J connectivity index is 1.93. The van der Waals surface area contributed by atoms with E-state index < -0.39 is 6.61 Å². The molecule has 0 unspecified atom stereocenters. The van der Waals surface area contributed by atoms with Gasteiger partial charge in [0.25, 0.3) is 5.91 Å². The van der Waals surface area contributed by atoms with Crippen LogP contribution in [0.2, 0.25) is 0 Å². The van der Waals surface area contributed by atoms with Gasteiger partial charge < -0.3 is 19.5 Å². The van der Waals surface area contributed by atoms with Crippen molar-refractivity contribution >= 4 is 5.91 Å². The number of amides is 1. The molecule has 0 heterocycles. The van der Waals surface area contributed by atoms with Gasteiger partial charge in [-0.05, 0) is 56.2 Å².